The van der Waals surface area contributed by atoms with Crippen molar-refractivity contribution in [2.45, 2.75) is 110 Å². The summed E-state index contributed by atoms with van der Waals surface area (Å²) < 4.78 is 39.4. The molecule has 2 aromatic rings. The summed E-state index contributed by atoms with van der Waals surface area (Å²) in [4.78, 5) is 11.9. The van der Waals surface area contributed by atoms with E-state index < -0.39 is 12.1 Å². The van der Waals surface area contributed by atoms with Crippen molar-refractivity contribution in [3.8, 4) is 16.9 Å². The first-order chi connectivity index (χ1) is 18.0. The Morgan fingerprint density at radius 2 is 1.62 bits per heavy atom. The summed E-state index contributed by atoms with van der Waals surface area (Å²) in [7, 11) is 0. The fourth-order valence-electron chi connectivity index (χ4n) is 5.02. The lowest BCUT2D eigenvalue weighted by molar-refractivity contribution is -0.157. The van der Waals surface area contributed by atoms with E-state index in [4.69, 9.17) is 9.47 Å². The van der Waals surface area contributed by atoms with Gasteiger partial charge in [0.1, 0.15) is 6.10 Å². The first-order valence-corrected chi connectivity index (χ1v) is 14.4. The zero-order valence-electron chi connectivity index (χ0n) is 22.7. The summed E-state index contributed by atoms with van der Waals surface area (Å²) in [5.74, 6) is -0.0790. The van der Waals surface area contributed by atoms with Crippen molar-refractivity contribution in [3.63, 3.8) is 0 Å². The van der Waals surface area contributed by atoms with E-state index in [1.54, 1.807) is 12.1 Å². The maximum Gasteiger partial charge on any atom is 0.340 e. The Hall–Kier alpha value is -2.43. The van der Waals surface area contributed by atoms with E-state index in [0.29, 0.717) is 24.7 Å². The molecule has 0 bridgehead atoms. The molecule has 0 aliphatic heterocycles. The summed E-state index contributed by atoms with van der Waals surface area (Å²) in [5.41, 5.74) is 3.10. The van der Waals surface area contributed by atoms with E-state index in [9.17, 15) is 13.6 Å². The lowest BCUT2D eigenvalue weighted by atomic mass is 9.83. The van der Waals surface area contributed by atoms with E-state index in [0.717, 1.165) is 68.9 Å². The topological polar surface area (TPSA) is 35.5 Å². The third kappa shape index (κ3) is 9.75. The number of carbonyl (C=O) groups excluding carboxylic acids is 1. The molecule has 1 aliphatic rings. The summed E-state index contributed by atoms with van der Waals surface area (Å²) >= 11 is 0. The molecule has 2 aromatic carbocycles. The highest BCUT2D eigenvalue weighted by molar-refractivity contribution is 5.74. The van der Waals surface area contributed by atoms with Crippen LogP contribution in [0.1, 0.15) is 96.5 Å². The molecule has 1 fully saturated rings. The lowest BCUT2D eigenvalue weighted by Crippen LogP contribution is -2.29. The smallest absolute Gasteiger partial charge is 0.340 e. The van der Waals surface area contributed by atoms with Gasteiger partial charge in [-0.2, -0.15) is 0 Å². The van der Waals surface area contributed by atoms with Crippen molar-refractivity contribution >= 4 is 5.97 Å². The van der Waals surface area contributed by atoms with Crippen LogP contribution in [-0.4, -0.2) is 24.9 Å². The zero-order chi connectivity index (χ0) is 26.5. The van der Waals surface area contributed by atoms with Crippen LogP contribution >= 0.6 is 0 Å². The number of esters is 1. The minimum Gasteiger partial charge on any atom is -0.491 e. The van der Waals surface area contributed by atoms with Crippen molar-refractivity contribution in [3.05, 3.63) is 53.8 Å². The average Bonchev–Trinajstić information content (AvgIpc) is 2.92. The number of hydrogen-bond acceptors (Lipinski definition) is 3. The molecular formula is C32H44F2O3. The molecule has 1 atom stereocenters. The third-order valence-corrected chi connectivity index (χ3v) is 7.46. The van der Waals surface area contributed by atoms with Gasteiger partial charge in [-0.1, -0.05) is 76.3 Å². The van der Waals surface area contributed by atoms with Crippen LogP contribution < -0.4 is 4.74 Å². The summed E-state index contributed by atoms with van der Waals surface area (Å²) in [6.45, 7) is 4.70. The van der Waals surface area contributed by atoms with E-state index >= 15 is 0 Å². The van der Waals surface area contributed by atoms with Gasteiger partial charge in [-0.25, -0.2) is 13.6 Å². The fraction of sp³-hybridized carbons (Fsp3) is 0.594. The Balaban J connectivity index is 1.40. The fourth-order valence-corrected chi connectivity index (χ4v) is 5.02. The van der Waals surface area contributed by atoms with Gasteiger partial charge in [0.05, 0.1) is 6.61 Å². The van der Waals surface area contributed by atoms with Crippen molar-refractivity contribution in [1.29, 1.82) is 0 Å². The van der Waals surface area contributed by atoms with Gasteiger partial charge in [0.15, 0.2) is 17.7 Å². The number of alkyl halides is 1. The Kier molecular flexibility index (Phi) is 12.4. The van der Waals surface area contributed by atoms with Gasteiger partial charge in [-0.15, -0.1) is 0 Å². The van der Waals surface area contributed by atoms with Gasteiger partial charge < -0.3 is 9.47 Å². The lowest BCUT2D eigenvalue weighted by Gasteiger charge is -2.28. The predicted octanol–water partition coefficient (Wildman–Crippen LogP) is 9.01. The van der Waals surface area contributed by atoms with E-state index in [2.05, 4.69) is 31.2 Å². The Morgan fingerprint density at radius 1 is 0.919 bits per heavy atom. The standard InChI is InChI=1S/C32H44F2O3/c1-3-5-7-8-22-36-31-21-18-27(23-30(31)34)26-16-12-24(13-17-26)10-11-25-14-19-28(20-15-25)37-32(35)29(33)9-6-4-2/h12-13,16-18,21,23,25,28-29H,3-11,14-15,19-20,22H2,1-2H3/t25-,28-,29-/m0/s1. The van der Waals surface area contributed by atoms with E-state index in [1.165, 1.54) is 18.4 Å². The number of hydrogen-bond donors (Lipinski definition) is 0. The second-order valence-corrected chi connectivity index (χ2v) is 10.5. The maximum atomic E-state index is 14.5. The van der Waals surface area contributed by atoms with Crippen molar-refractivity contribution in [2.75, 3.05) is 6.61 Å². The van der Waals surface area contributed by atoms with Crippen LogP contribution in [0.3, 0.4) is 0 Å². The molecule has 5 heteroatoms. The molecule has 0 unspecified atom stereocenters. The molecule has 37 heavy (non-hydrogen) atoms. The van der Waals surface area contributed by atoms with Crippen LogP contribution in [0.15, 0.2) is 42.5 Å². The molecular weight excluding hydrogens is 470 g/mol. The number of ether oxygens (including phenoxy) is 2. The summed E-state index contributed by atoms with van der Waals surface area (Å²) in [6.07, 6.45) is 10.4. The largest absolute Gasteiger partial charge is 0.491 e. The molecule has 0 amide bonds. The molecule has 0 N–H and O–H groups in total. The normalized spacial score (nSPS) is 18.4. The monoisotopic (exact) mass is 514 g/mol. The number of benzene rings is 2. The Bertz CT molecular complexity index is 936. The van der Waals surface area contributed by atoms with Crippen molar-refractivity contribution < 1.29 is 23.0 Å². The number of carbonyl (C=O) groups is 1. The van der Waals surface area contributed by atoms with Crippen LogP contribution in [0.5, 0.6) is 5.75 Å². The molecule has 3 rings (SSSR count). The van der Waals surface area contributed by atoms with Gasteiger partial charge >= 0.3 is 5.97 Å². The van der Waals surface area contributed by atoms with Crippen LogP contribution in [0.2, 0.25) is 0 Å². The molecule has 1 aliphatic carbocycles. The number of aryl methyl sites for hydroxylation is 1. The SMILES string of the molecule is CCCCCCOc1ccc(-c2ccc(CC[C@H]3CC[C@H](OC(=O)[C@@H](F)CCCC)CC3)cc2)cc1F. The highest BCUT2D eigenvalue weighted by atomic mass is 19.1. The maximum absolute atomic E-state index is 14.5. The second kappa shape index (κ2) is 15.7. The summed E-state index contributed by atoms with van der Waals surface area (Å²) in [5, 5.41) is 0. The Labute approximate surface area is 222 Å². The van der Waals surface area contributed by atoms with Gasteiger partial charge in [0.2, 0.25) is 0 Å². The minimum atomic E-state index is -1.48. The van der Waals surface area contributed by atoms with Crippen molar-refractivity contribution in [1.82, 2.24) is 0 Å². The van der Waals surface area contributed by atoms with Gasteiger partial charge in [0.25, 0.3) is 0 Å². The third-order valence-electron chi connectivity index (χ3n) is 7.46. The summed E-state index contributed by atoms with van der Waals surface area (Å²) in [6, 6.07) is 13.5. The number of rotatable bonds is 15. The van der Waals surface area contributed by atoms with Crippen LogP contribution in [0.4, 0.5) is 8.78 Å². The molecule has 1 saturated carbocycles. The Morgan fingerprint density at radius 3 is 2.30 bits per heavy atom. The van der Waals surface area contributed by atoms with Gasteiger partial charge in [0, 0.05) is 0 Å². The first-order valence-electron chi connectivity index (χ1n) is 14.4. The van der Waals surface area contributed by atoms with E-state index in [1.807, 2.05) is 13.0 Å². The highest BCUT2D eigenvalue weighted by Gasteiger charge is 2.27. The van der Waals surface area contributed by atoms with Crippen LogP contribution in [-0.2, 0) is 16.0 Å². The number of halogens is 2. The predicted molar refractivity (Wildman–Crippen MR) is 146 cm³/mol. The second-order valence-electron chi connectivity index (χ2n) is 10.5. The molecule has 204 valence electrons. The van der Waals surface area contributed by atoms with Crippen molar-refractivity contribution in [2.24, 2.45) is 5.92 Å². The van der Waals surface area contributed by atoms with Gasteiger partial charge in [-0.3, -0.25) is 0 Å². The van der Waals surface area contributed by atoms with Crippen LogP contribution in [0, 0.1) is 11.7 Å². The molecule has 0 spiro atoms. The first kappa shape index (κ1) is 29.1. The van der Waals surface area contributed by atoms with Gasteiger partial charge in [-0.05, 0) is 86.1 Å². The molecule has 3 nitrogen and oxygen atoms in total. The molecule has 0 radical (unpaired) electrons. The zero-order valence-corrected chi connectivity index (χ0v) is 22.7. The number of unbranched alkanes of at least 4 members (excludes halogenated alkanes) is 4. The van der Waals surface area contributed by atoms with E-state index in [-0.39, 0.29) is 18.3 Å². The quantitative estimate of drug-likeness (QED) is 0.176. The average molecular weight is 515 g/mol. The highest BCUT2D eigenvalue weighted by Crippen LogP contribution is 2.31. The minimum absolute atomic E-state index is 0.138. The molecule has 0 aromatic heterocycles. The van der Waals surface area contributed by atoms with Crippen LogP contribution in [0.25, 0.3) is 11.1 Å². The molecule has 0 saturated heterocycles. The molecule has 0 heterocycles.